The number of benzene rings is 2. The van der Waals surface area contributed by atoms with Crippen LogP contribution in [0.5, 0.6) is 0 Å². The average Bonchev–Trinajstić information content (AvgIpc) is 2.92. The van der Waals surface area contributed by atoms with Gasteiger partial charge in [0.2, 0.25) is 6.54 Å². The maximum Gasteiger partial charge on any atom is 0.416 e. The van der Waals surface area contributed by atoms with E-state index >= 15 is 0 Å². The minimum absolute atomic E-state index is 0.0201. The molecule has 2 atom stereocenters. The second-order valence-electron chi connectivity index (χ2n) is 6.36. The van der Waals surface area contributed by atoms with Crippen molar-refractivity contribution in [1.29, 1.82) is 0 Å². The first-order valence-electron chi connectivity index (χ1n) is 8.37. The fraction of sp³-hybridized carbons (Fsp3) is 0.211. The lowest BCUT2D eigenvalue weighted by Gasteiger charge is -2.29. The zero-order valence-electron chi connectivity index (χ0n) is 14.6. The molecule has 3 rings (SSSR count). The summed E-state index contributed by atoms with van der Waals surface area (Å²) in [5.74, 6) is -3.45. The number of aldehydes is 1. The van der Waals surface area contributed by atoms with Crippen LogP contribution in [0.4, 0.5) is 13.2 Å². The predicted molar refractivity (Wildman–Crippen MR) is 92.8 cm³/mol. The maximum absolute atomic E-state index is 13.5. The number of rotatable bonds is 6. The highest BCUT2D eigenvalue weighted by atomic mass is 19.4. The molecule has 1 aliphatic heterocycles. The average molecular weight is 406 g/mol. The number of halogens is 3. The van der Waals surface area contributed by atoms with E-state index in [9.17, 15) is 37.7 Å². The molecule has 2 aromatic carbocycles. The minimum atomic E-state index is -4.85. The molecule has 29 heavy (non-hydrogen) atoms. The number of nitrogens with zero attached hydrogens (tertiary/aromatic N) is 2. The number of nitro groups is 1. The molecule has 1 heterocycles. The van der Waals surface area contributed by atoms with Crippen molar-refractivity contribution >= 4 is 18.1 Å². The lowest BCUT2D eigenvalue weighted by atomic mass is 9.87. The quantitative estimate of drug-likeness (QED) is 0.318. The molecule has 0 spiro atoms. The van der Waals surface area contributed by atoms with Gasteiger partial charge in [-0.1, -0.05) is 30.3 Å². The summed E-state index contributed by atoms with van der Waals surface area (Å²) in [6.45, 7) is -1.08. The number of hydrogen-bond acceptors (Lipinski definition) is 5. The van der Waals surface area contributed by atoms with Crippen molar-refractivity contribution in [2.45, 2.75) is 18.1 Å². The van der Waals surface area contributed by atoms with Crippen molar-refractivity contribution in [2.75, 3.05) is 6.54 Å². The summed E-state index contributed by atoms with van der Waals surface area (Å²) in [6, 6.07) is 7.94. The molecule has 7 nitrogen and oxygen atoms in total. The van der Waals surface area contributed by atoms with Crippen molar-refractivity contribution in [2.24, 2.45) is 0 Å². The molecule has 0 N–H and O–H groups in total. The van der Waals surface area contributed by atoms with Gasteiger partial charge in [0.05, 0.1) is 22.6 Å². The van der Waals surface area contributed by atoms with Gasteiger partial charge in [0, 0.05) is 4.92 Å². The van der Waals surface area contributed by atoms with Crippen LogP contribution in [0.2, 0.25) is 0 Å². The van der Waals surface area contributed by atoms with Gasteiger partial charge in [-0.15, -0.1) is 0 Å². The van der Waals surface area contributed by atoms with Crippen molar-refractivity contribution in [3.05, 3.63) is 80.9 Å². The Morgan fingerprint density at radius 1 is 1.00 bits per heavy atom. The molecule has 0 saturated carbocycles. The SMILES string of the molecule is O=C[C@@H]([C@H](C[N+](=O)[O-])c1ccccc1C(F)(F)F)N1C(=O)c2ccccc2C1=O. The van der Waals surface area contributed by atoms with Gasteiger partial charge >= 0.3 is 6.18 Å². The molecule has 1 aliphatic rings. The van der Waals surface area contributed by atoms with Crippen LogP contribution in [0.25, 0.3) is 0 Å². The van der Waals surface area contributed by atoms with E-state index in [2.05, 4.69) is 0 Å². The molecule has 0 saturated heterocycles. The third-order valence-corrected chi connectivity index (χ3v) is 4.69. The van der Waals surface area contributed by atoms with Crippen LogP contribution in [0.3, 0.4) is 0 Å². The van der Waals surface area contributed by atoms with E-state index in [-0.39, 0.29) is 17.4 Å². The highest BCUT2D eigenvalue weighted by molar-refractivity contribution is 6.22. The van der Waals surface area contributed by atoms with Crippen LogP contribution < -0.4 is 0 Å². The van der Waals surface area contributed by atoms with E-state index in [0.29, 0.717) is 4.90 Å². The molecule has 2 amide bonds. The number of carbonyl (C=O) groups is 3. The van der Waals surface area contributed by atoms with Crippen molar-refractivity contribution in [3.8, 4) is 0 Å². The van der Waals surface area contributed by atoms with Crippen LogP contribution >= 0.6 is 0 Å². The number of fused-ring (bicyclic) bond motifs is 1. The number of carbonyl (C=O) groups excluding carboxylic acids is 3. The van der Waals surface area contributed by atoms with E-state index < -0.39 is 52.5 Å². The molecular formula is C19H13F3N2O5. The maximum atomic E-state index is 13.5. The molecule has 0 fully saturated rings. The first-order valence-corrected chi connectivity index (χ1v) is 8.37. The monoisotopic (exact) mass is 406 g/mol. The number of alkyl halides is 3. The van der Waals surface area contributed by atoms with Gasteiger partial charge in [-0.25, -0.2) is 0 Å². The van der Waals surface area contributed by atoms with Gasteiger partial charge in [-0.3, -0.25) is 24.6 Å². The Bertz CT molecular complexity index is 970. The Kier molecular flexibility index (Phi) is 5.19. The molecule has 10 heteroatoms. The fourth-order valence-corrected chi connectivity index (χ4v) is 3.44. The lowest BCUT2D eigenvalue weighted by Crippen LogP contribution is -2.46. The zero-order chi connectivity index (χ0) is 21.3. The number of hydrogen-bond donors (Lipinski definition) is 0. The van der Waals surface area contributed by atoms with E-state index in [4.69, 9.17) is 0 Å². The van der Waals surface area contributed by atoms with E-state index in [0.717, 1.165) is 18.2 Å². The van der Waals surface area contributed by atoms with Crippen LogP contribution in [-0.4, -0.2) is 40.5 Å². The summed E-state index contributed by atoms with van der Waals surface area (Å²) in [5, 5.41) is 11.2. The summed E-state index contributed by atoms with van der Waals surface area (Å²) < 4.78 is 40.4. The van der Waals surface area contributed by atoms with Gasteiger partial charge in [0.25, 0.3) is 11.8 Å². The summed E-state index contributed by atoms with van der Waals surface area (Å²) in [5.41, 5.74) is -1.75. The van der Waals surface area contributed by atoms with Crippen molar-refractivity contribution in [1.82, 2.24) is 4.90 Å². The molecule has 2 aromatic rings. The lowest BCUT2D eigenvalue weighted by molar-refractivity contribution is -0.484. The summed E-state index contributed by atoms with van der Waals surface area (Å²) in [6.07, 6.45) is -4.75. The number of imide groups is 1. The van der Waals surface area contributed by atoms with E-state index in [1.165, 1.54) is 30.3 Å². The predicted octanol–water partition coefficient (Wildman–Crippen LogP) is 2.93. The largest absolute Gasteiger partial charge is 0.416 e. The molecule has 0 aliphatic carbocycles. The Morgan fingerprint density at radius 2 is 1.52 bits per heavy atom. The molecule has 0 bridgehead atoms. The van der Waals surface area contributed by atoms with Gasteiger partial charge in [-0.2, -0.15) is 13.2 Å². The van der Waals surface area contributed by atoms with Crippen LogP contribution in [-0.2, 0) is 11.0 Å². The van der Waals surface area contributed by atoms with E-state index in [1.54, 1.807) is 0 Å². The molecular weight excluding hydrogens is 393 g/mol. The highest BCUT2D eigenvalue weighted by Crippen LogP contribution is 2.38. The Balaban J connectivity index is 2.13. The highest BCUT2D eigenvalue weighted by Gasteiger charge is 2.46. The third-order valence-electron chi connectivity index (χ3n) is 4.69. The van der Waals surface area contributed by atoms with E-state index in [1.807, 2.05) is 0 Å². The van der Waals surface area contributed by atoms with Gasteiger partial charge in [-0.05, 0) is 23.8 Å². The standard InChI is InChI=1S/C19H13F3N2O5/c20-19(21,22)15-8-4-3-5-11(15)14(9-23(28)29)16(10-25)24-17(26)12-6-1-2-7-13(12)18(24)27/h1-8,10,14,16H,9H2/t14-,16+/m1/s1. The fourth-order valence-electron chi connectivity index (χ4n) is 3.44. The molecule has 0 unspecified atom stereocenters. The first-order chi connectivity index (χ1) is 13.7. The van der Waals surface area contributed by atoms with Gasteiger partial charge in [0.15, 0.2) is 0 Å². The second kappa shape index (κ2) is 7.46. The van der Waals surface area contributed by atoms with Crippen molar-refractivity contribution < 1.29 is 32.5 Å². The van der Waals surface area contributed by atoms with Crippen molar-refractivity contribution in [3.63, 3.8) is 0 Å². The Hall–Kier alpha value is -3.56. The first kappa shape index (κ1) is 20.2. The second-order valence-corrected chi connectivity index (χ2v) is 6.36. The number of amides is 2. The third kappa shape index (κ3) is 3.60. The Morgan fingerprint density at radius 3 is 2.00 bits per heavy atom. The van der Waals surface area contributed by atoms with Crippen LogP contribution in [0.15, 0.2) is 48.5 Å². The summed E-state index contributed by atoms with van der Waals surface area (Å²) in [7, 11) is 0. The molecule has 150 valence electrons. The molecule has 0 radical (unpaired) electrons. The summed E-state index contributed by atoms with van der Waals surface area (Å²) in [4.78, 5) is 48.0. The zero-order valence-corrected chi connectivity index (χ0v) is 14.6. The summed E-state index contributed by atoms with van der Waals surface area (Å²) >= 11 is 0. The normalized spacial score (nSPS) is 15.8. The van der Waals surface area contributed by atoms with Gasteiger partial charge < -0.3 is 4.79 Å². The van der Waals surface area contributed by atoms with Gasteiger partial charge in [0.1, 0.15) is 12.3 Å². The van der Waals surface area contributed by atoms with Crippen LogP contribution in [0.1, 0.15) is 37.8 Å². The molecule has 0 aromatic heterocycles. The smallest absolute Gasteiger partial charge is 0.301 e. The minimum Gasteiger partial charge on any atom is -0.301 e. The van der Waals surface area contributed by atoms with Crippen LogP contribution in [0, 0.1) is 10.1 Å². The topological polar surface area (TPSA) is 97.6 Å². The Labute approximate surface area is 161 Å².